The predicted molar refractivity (Wildman–Crippen MR) is 162 cm³/mol. The van der Waals surface area contributed by atoms with Gasteiger partial charge in [0.15, 0.2) is 0 Å². The topological polar surface area (TPSA) is 103 Å². The van der Waals surface area contributed by atoms with Crippen molar-refractivity contribution in [1.82, 2.24) is 24.6 Å². The van der Waals surface area contributed by atoms with Crippen LogP contribution in [0, 0.1) is 0 Å². The van der Waals surface area contributed by atoms with Crippen molar-refractivity contribution in [2.45, 2.75) is 89.4 Å². The molecule has 0 aliphatic carbocycles. The highest BCUT2D eigenvalue weighted by molar-refractivity contribution is 5.70. The first-order valence-corrected chi connectivity index (χ1v) is 15.5. The van der Waals surface area contributed by atoms with Crippen LogP contribution in [0.15, 0.2) is 43.0 Å². The van der Waals surface area contributed by atoms with Crippen LogP contribution in [0.25, 0.3) is 11.1 Å². The monoisotopic (exact) mass is 684 g/mol. The molecule has 1 amide bonds. The van der Waals surface area contributed by atoms with E-state index in [-0.39, 0.29) is 55.7 Å². The van der Waals surface area contributed by atoms with Crippen molar-refractivity contribution in [3.05, 3.63) is 59.7 Å². The van der Waals surface area contributed by atoms with Crippen LogP contribution in [0.1, 0.15) is 69.1 Å². The molecule has 0 saturated carbocycles. The Bertz CT molecular complexity index is 1500. The Labute approximate surface area is 274 Å². The number of halogens is 6. The summed E-state index contributed by atoms with van der Waals surface area (Å²) in [4.78, 5) is 36.9. The molecule has 48 heavy (non-hydrogen) atoms. The molecular formula is C32H38F6N6O4. The Morgan fingerprint density at radius 2 is 1.50 bits per heavy atom. The number of hydrogen-bond donors (Lipinski definition) is 0. The van der Waals surface area contributed by atoms with Gasteiger partial charge in [-0.05, 0) is 55.9 Å². The van der Waals surface area contributed by atoms with Gasteiger partial charge in [0.05, 0.1) is 31.0 Å². The quantitative estimate of drug-likeness (QED) is 0.121. The summed E-state index contributed by atoms with van der Waals surface area (Å²) in [6.07, 6.45) is -2.16. The number of carbonyl (C=O) groups is 2. The van der Waals surface area contributed by atoms with Gasteiger partial charge in [0.25, 0.3) is 0 Å². The van der Waals surface area contributed by atoms with Crippen molar-refractivity contribution in [2.24, 2.45) is 7.05 Å². The molecule has 3 aromatic rings. The number of piperidine rings is 1. The zero-order valence-corrected chi connectivity index (χ0v) is 27.0. The Kier molecular flexibility index (Phi) is 11.6. The van der Waals surface area contributed by atoms with E-state index in [0.717, 1.165) is 5.56 Å². The van der Waals surface area contributed by atoms with Crippen molar-refractivity contribution < 1.29 is 45.4 Å². The van der Waals surface area contributed by atoms with Crippen molar-refractivity contribution in [2.75, 3.05) is 18.6 Å². The summed E-state index contributed by atoms with van der Waals surface area (Å²) in [5, 5.41) is 4.13. The lowest BCUT2D eigenvalue weighted by Crippen LogP contribution is -2.57. The van der Waals surface area contributed by atoms with Gasteiger partial charge < -0.3 is 19.3 Å². The summed E-state index contributed by atoms with van der Waals surface area (Å²) in [6, 6.07) is 0.320. The standard InChI is InChI=1S/C32H38F6N6O4/c1-5-25-13-27(14-26(6-2)44(25)30(46)48-9-7-8-28(45)47-4)43(29-39-15-21(16-40-29)22-17-41-42(3)19-22)18-20-10-23(31(33,34)35)12-24(11-20)32(36,37)38/h10-12,15-17,19,25-27H,5-9,13-14,18H2,1-4H3/t25-,26+,27?. The first-order chi connectivity index (χ1) is 22.6. The van der Waals surface area contributed by atoms with Gasteiger partial charge in [-0.25, -0.2) is 14.8 Å². The van der Waals surface area contributed by atoms with E-state index in [1.54, 1.807) is 33.9 Å². The molecule has 16 heteroatoms. The van der Waals surface area contributed by atoms with Crippen LogP contribution in [-0.2, 0) is 40.2 Å². The molecule has 0 spiro atoms. The largest absolute Gasteiger partial charge is 0.469 e. The van der Waals surface area contributed by atoms with Crippen molar-refractivity contribution >= 4 is 18.0 Å². The lowest BCUT2D eigenvalue weighted by molar-refractivity contribution is -0.143. The third-order valence-electron chi connectivity index (χ3n) is 8.38. The van der Waals surface area contributed by atoms with Crippen LogP contribution in [0.3, 0.4) is 0 Å². The van der Waals surface area contributed by atoms with Gasteiger partial charge in [0.1, 0.15) is 0 Å². The third kappa shape index (κ3) is 8.95. The van der Waals surface area contributed by atoms with Crippen LogP contribution in [0.5, 0.6) is 0 Å². The zero-order chi connectivity index (χ0) is 35.2. The number of alkyl halides is 6. The number of hydrogen-bond acceptors (Lipinski definition) is 8. The van der Waals surface area contributed by atoms with Gasteiger partial charge in [-0.2, -0.15) is 31.4 Å². The van der Waals surface area contributed by atoms with Crippen LogP contribution in [0.4, 0.5) is 37.1 Å². The van der Waals surface area contributed by atoms with Gasteiger partial charge in [-0.3, -0.25) is 9.48 Å². The molecule has 3 atom stereocenters. The van der Waals surface area contributed by atoms with E-state index in [2.05, 4.69) is 19.8 Å². The fourth-order valence-electron chi connectivity index (χ4n) is 5.94. The number of benzene rings is 1. The second kappa shape index (κ2) is 15.2. The number of likely N-dealkylation sites (tertiary alicyclic amines) is 1. The summed E-state index contributed by atoms with van der Waals surface area (Å²) in [6.45, 7) is 3.41. The summed E-state index contributed by atoms with van der Waals surface area (Å²) in [5.74, 6) is -0.314. The zero-order valence-electron chi connectivity index (χ0n) is 27.0. The number of carbonyl (C=O) groups excluding carboxylic acids is 2. The normalized spacial score (nSPS) is 18.5. The minimum Gasteiger partial charge on any atom is -0.469 e. The average Bonchev–Trinajstić information content (AvgIpc) is 3.49. The molecule has 4 rings (SSSR count). The van der Waals surface area contributed by atoms with E-state index < -0.39 is 41.6 Å². The maximum absolute atomic E-state index is 13.8. The number of anilines is 1. The number of methoxy groups -OCH3 is 1. The van der Waals surface area contributed by atoms with E-state index in [1.807, 2.05) is 13.8 Å². The number of amides is 1. The molecule has 0 N–H and O–H groups in total. The van der Waals surface area contributed by atoms with E-state index in [1.165, 1.54) is 19.5 Å². The highest BCUT2D eigenvalue weighted by Crippen LogP contribution is 2.38. The van der Waals surface area contributed by atoms with Crippen LogP contribution in [-0.4, -0.2) is 68.6 Å². The molecule has 1 fully saturated rings. The first kappa shape index (κ1) is 36.5. The van der Waals surface area contributed by atoms with Gasteiger partial charge in [0, 0.05) is 67.9 Å². The number of ether oxygens (including phenoxy) is 2. The van der Waals surface area contributed by atoms with Gasteiger partial charge >= 0.3 is 24.4 Å². The van der Waals surface area contributed by atoms with Crippen LogP contribution in [0.2, 0.25) is 0 Å². The Hall–Kier alpha value is -4.37. The maximum atomic E-state index is 13.8. The Morgan fingerprint density at radius 3 is 1.98 bits per heavy atom. The van der Waals surface area contributed by atoms with Crippen molar-refractivity contribution in [3.8, 4) is 11.1 Å². The highest BCUT2D eigenvalue weighted by Gasteiger charge is 2.41. The molecule has 2 aromatic heterocycles. The average molecular weight is 685 g/mol. The van der Waals surface area contributed by atoms with Crippen LogP contribution < -0.4 is 4.90 Å². The summed E-state index contributed by atoms with van der Waals surface area (Å²) < 4.78 is 94.2. The summed E-state index contributed by atoms with van der Waals surface area (Å²) >= 11 is 0. The predicted octanol–water partition coefficient (Wildman–Crippen LogP) is 7.03. The number of rotatable bonds is 11. The minimum atomic E-state index is -5.01. The molecule has 3 heterocycles. The van der Waals surface area contributed by atoms with Crippen molar-refractivity contribution in [3.63, 3.8) is 0 Å². The fourth-order valence-corrected chi connectivity index (χ4v) is 5.94. The molecule has 1 unspecified atom stereocenters. The highest BCUT2D eigenvalue weighted by atomic mass is 19.4. The third-order valence-corrected chi connectivity index (χ3v) is 8.38. The number of esters is 1. The number of aromatic nitrogens is 4. The number of nitrogens with zero attached hydrogens (tertiary/aromatic N) is 6. The molecule has 1 aliphatic heterocycles. The van der Waals surface area contributed by atoms with Gasteiger partial charge in [-0.1, -0.05) is 13.8 Å². The minimum absolute atomic E-state index is 0.00105. The van der Waals surface area contributed by atoms with E-state index in [4.69, 9.17) is 4.74 Å². The maximum Gasteiger partial charge on any atom is 0.416 e. The van der Waals surface area contributed by atoms with Gasteiger partial charge in [-0.15, -0.1) is 0 Å². The van der Waals surface area contributed by atoms with Crippen LogP contribution >= 0.6 is 0 Å². The van der Waals surface area contributed by atoms with Crippen molar-refractivity contribution in [1.29, 1.82) is 0 Å². The smallest absolute Gasteiger partial charge is 0.416 e. The Morgan fingerprint density at radius 1 is 0.917 bits per heavy atom. The molecule has 1 aromatic carbocycles. The summed E-state index contributed by atoms with van der Waals surface area (Å²) in [7, 11) is 3.01. The second-order valence-corrected chi connectivity index (χ2v) is 11.7. The van der Waals surface area contributed by atoms with Gasteiger partial charge in [0.2, 0.25) is 5.95 Å². The molecule has 262 valence electrons. The fraction of sp³-hybridized carbons (Fsp3) is 0.531. The molecule has 1 saturated heterocycles. The molecule has 10 nitrogen and oxygen atoms in total. The molecule has 0 radical (unpaired) electrons. The Balaban J connectivity index is 1.68. The van der Waals surface area contributed by atoms with E-state index in [0.29, 0.717) is 43.4 Å². The van der Waals surface area contributed by atoms with E-state index in [9.17, 15) is 35.9 Å². The lowest BCUT2D eigenvalue weighted by Gasteiger charge is -2.47. The molecule has 0 bridgehead atoms. The summed E-state index contributed by atoms with van der Waals surface area (Å²) in [5.41, 5.74) is -1.71. The lowest BCUT2D eigenvalue weighted by atomic mass is 9.87. The van der Waals surface area contributed by atoms with E-state index >= 15 is 0 Å². The first-order valence-electron chi connectivity index (χ1n) is 15.5. The second-order valence-electron chi connectivity index (χ2n) is 11.7. The number of aryl methyl sites for hydroxylation is 1. The molecular weight excluding hydrogens is 646 g/mol. The molecule has 1 aliphatic rings. The SMILES string of the molecule is CC[C@@H]1CC(N(Cc2cc(C(F)(F)F)cc(C(F)(F)F)c2)c2ncc(-c3cnn(C)c3)cn2)C[C@H](CC)N1C(=O)OCCCC(=O)OC.